The predicted octanol–water partition coefficient (Wildman–Crippen LogP) is 2.58. The van der Waals surface area contributed by atoms with E-state index in [2.05, 4.69) is 10.3 Å². The van der Waals surface area contributed by atoms with Gasteiger partial charge in [-0.05, 0) is 13.3 Å². The third kappa shape index (κ3) is 4.44. The van der Waals surface area contributed by atoms with Gasteiger partial charge in [0.1, 0.15) is 0 Å². The summed E-state index contributed by atoms with van der Waals surface area (Å²) in [5.74, 6) is -0.325. The van der Waals surface area contributed by atoms with Crippen molar-refractivity contribution >= 4 is 39.9 Å². The van der Waals surface area contributed by atoms with Gasteiger partial charge in [0.25, 0.3) is 5.91 Å². The number of hydrogen-bond donors (Lipinski definition) is 1. The Kier molecular flexibility index (Phi) is 6.23. The van der Waals surface area contributed by atoms with Crippen LogP contribution in [0.15, 0.2) is 6.20 Å². The molecular formula is C12H16Cl2N2O2S. The lowest BCUT2D eigenvalue weighted by atomic mass is 10.2. The van der Waals surface area contributed by atoms with Gasteiger partial charge in [0, 0.05) is 35.0 Å². The number of aryl methyl sites for hydroxylation is 1. The van der Waals surface area contributed by atoms with Gasteiger partial charge in [-0.15, -0.1) is 0 Å². The van der Waals surface area contributed by atoms with Gasteiger partial charge in [0.15, 0.2) is 0 Å². The Labute approximate surface area is 125 Å². The number of hydrogen-bond acceptors (Lipinski definition) is 3. The van der Waals surface area contributed by atoms with Crippen LogP contribution in [0.3, 0.4) is 0 Å². The minimum Gasteiger partial charge on any atom is -0.352 e. The lowest BCUT2D eigenvalue weighted by Crippen LogP contribution is -2.28. The van der Waals surface area contributed by atoms with Crippen LogP contribution in [0, 0.1) is 6.92 Å². The highest BCUT2D eigenvalue weighted by Gasteiger charge is 2.15. The number of carbonyl (C=O) groups is 1. The summed E-state index contributed by atoms with van der Waals surface area (Å²) in [4.78, 5) is 15.9. The first kappa shape index (κ1) is 16.4. The number of nitrogens with zero attached hydrogens (tertiary/aromatic N) is 1. The van der Waals surface area contributed by atoms with E-state index < -0.39 is 10.8 Å². The molecule has 0 saturated heterocycles. The number of rotatable bonds is 5. The molecule has 0 aliphatic heterocycles. The Morgan fingerprint density at radius 1 is 1.47 bits per heavy atom. The smallest absolute Gasteiger partial charge is 0.254 e. The molecule has 0 unspecified atom stereocenters. The molecule has 106 valence electrons. The van der Waals surface area contributed by atoms with Crippen molar-refractivity contribution in [3.05, 3.63) is 27.5 Å². The average Bonchev–Trinajstić information content (AvgIpc) is 2.35. The second-order valence-electron chi connectivity index (χ2n) is 4.24. The molecule has 0 aliphatic carbocycles. The number of pyridine rings is 1. The van der Waals surface area contributed by atoms with Crippen molar-refractivity contribution in [2.75, 3.05) is 12.8 Å². The number of carbonyl (C=O) groups excluding carboxylic acids is 1. The van der Waals surface area contributed by atoms with E-state index in [9.17, 15) is 9.00 Å². The highest BCUT2D eigenvalue weighted by atomic mass is 35.5. The van der Waals surface area contributed by atoms with E-state index in [1.54, 1.807) is 13.2 Å². The third-order valence-corrected chi connectivity index (χ3v) is 5.10. The highest BCUT2D eigenvalue weighted by molar-refractivity contribution is 7.84. The van der Waals surface area contributed by atoms with Gasteiger partial charge >= 0.3 is 0 Å². The van der Waals surface area contributed by atoms with Crippen molar-refractivity contribution in [3.8, 4) is 0 Å². The molecule has 2 atom stereocenters. The molecule has 0 aliphatic rings. The molecule has 1 rings (SSSR count). The van der Waals surface area contributed by atoms with Crippen molar-refractivity contribution < 1.29 is 9.00 Å². The fourth-order valence-corrected chi connectivity index (χ4v) is 2.23. The molecule has 4 nitrogen and oxygen atoms in total. The van der Waals surface area contributed by atoms with Crippen LogP contribution in [-0.2, 0) is 10.8 Å². The molecule has 1 heterocycles. The lowest BCUT2D eigenvalue weighted by Gasteiger charge is -2.10. The van der Waals surface area contributed by atoms with Crippen molar-refractivity contribution in [2.45, 2.75) is 25.5 Å². The maximum Gasteiger partial charge on any atom is 0.254 e. The summed E-state index contributed by atoms with van der Waals surface area (Å²) in [6.45, 7) is 4.02. The first-order chi connectivity index (χ1) is 8.84. The predicted molar refractivity (Wildman–Crippen MR) is 79.5 cm³/mol. The number of amides is 1. The molecule has 1 aromatic heterocycles. The largest absolute Gasteiger partial charge is 0.352 e. The molecule has 19 heavy (non-hydrogen) atoms. The molecule has 0 spiro atoms. The Morgan fingerprint density at radius 2 is 2.11 bits per heavy atom. The van der Waals surface area contributed by atoms with Crippen molar-refractivity contribution in [2.24, 2.45) is 0 Å². The van der Waals surface area contributed by atoms with Gasteiger partial charge in [-0.1, -0.05) is 30.1 Å². The molecule has 1 N–H and O–H groups in total. The number of halogens is 2. The van der Waals surface area contributed by atoms with Gasteiger partial charge < -0.3 is 5.32 Å². The van der Waals surface area contributed by atoms with E-state index in [-0.39, 0.29) is 26.8 Å². The fourth-order valence-electron chi connectivity index (χ4n) is 1.36. The zero-order chi connectivity index (χ0) is 14.6. The summed E-state index contributed by atoms with van der Waals surface area (Å²) >= 11 is 11.9. The summed E-state index contributed by atoms with van der Waals surface area (Å²) in [5.41, 5.74) is 0.834. The number of aromatic nitrogens is 1. The second-order valence-corrected chi connectivity index (χ2v) is 6.80. The summed E-state index contributed by atoms with van der Waals surface area (Å²) < 4.78 is 11.2. The standard InChI is InChI=1S/C12H16Cl2N2O2S/c1-7(19(3)18)4-5-15-12(17)9-6-16-8(2)10(13)11(9)14/h6-7H,4-5H2,1-3H3,(H,15,17)/t7-,19+/m1/s1. The molecule has 1 amide bonds. The minimum absolute atomic E-state index is 0.0375. The molecule has 1 aromatic rings. The van der Waals surface area contributed by atoms with Crippen LogP contribution in [0.1, 0.15) is 29.4 Å². The van der Waals surface area contributed by atoms with Crippen molar-refractivity contribution in [3.63, 3.8) is 0 Å². The van der Waals surface area contributed by atoms with E-state index >= 15 is 0 Å². The van der Waals surface area contributed by atoms with Crippen LogP contribution in [0.5, 0.6) is 0 Å². The Hall–Kier alpha value is -0.650. The molecule has 0 aromatic carbocycles. The first-order valence-corrected chi connectivity index (χ1v) is 8.13. The zero-order valence-corrected chi connectivity index (χ0v) is 13.3. The zero-order valence-electron chi connectivity index (χ0n) is 11.0. The van der Waals surface area contributed by atoms with E-state index in [1.165, 1.54) is 6.20 Å². The third-order valence-electron chi connectivity index (χ3n) is 2.78. The number of nitrogens with one attached hydrogen (secondary N) is 1. The maximum absolute atomic E-state index is 11.9. The van der Waals surface area contributed by atoms with Crippen LogP contribution in [0.4, 0.5) is 0 Å². The van der Waals surface area contributed by atoms with Gasteiger partial charge in [-0.25, -0.2) is 0 Å². The minimum atomic E-state index is -0.891. The van der Waals surface area contributed by atoms with Gasteiger partial charge in [-0.3, -0.25) is 14.0 Å². The summed E-state index contributed by atoms with van der Waals surface area (Å²) in [6, 6.07) is 0. The Bertz CT molecular complexity index is 509. The molecule has 0 radical (unpaired) electrons. The highest BCUT2D eigenvalue weighted by Crippen LogP contribution is 2.27. The van der Waals surface area contributed by atoms with E-state index in [0.717, 1.165) is 0 Å². The normalized spacial score (nSPS) is 13.9. The summed E-state index contributed by atoms with van der Waals surface area (Å²) in [5, 5.41) is 3.25. The molecule has 7 heteroatoms. The Morgan fingerprint density at radius 3 is 2.68 bits per heavy atom. The molecule has 0 saturated carbocycles. The van der Waals surface area contributed by atoms with E-state index in [1.807, 2.05) is 6.92 Å². The van der Waals surface area contributed by atoms with Crippen LogP contribution in [0.2, 0.25) is 10.0 Å². The lowest BCUT2D eigenvalue weighted by molar-refractivity contribution is 0.0953. The average molecular weight is 323 g/mol. The van der Waals surface area contributed by atoms with Crippen LogP contribution in [-0.4, -0.2) is 33.2 Å². The van der Waals surface area contributed by atoms with Crippen LogP contribution in [0.25, 0.3) is 0 Å². The fraction of sp³-hybridized carbons (Fsp3) is 0.500. The SMILES string of the molecule is Cc1ncc(C(=O)NCC[C@@H](C)[S@](C)=O)c(Cl)c1Cl. The second kappa shape index (κ2) is 7.22. The van der Waals surface area contributed by atoms with E-state index in [4.69, 9.17) is 23.2 Å². The van der Waals surface area contributed by atoms with Crippen molar-refractivity contribution in [1.29, 1.82) is 0 Å². The molecule has 0 bridgehead atoms. The topological polar surface area (TPSA) is 59.1 Å². The van der Waals surface area contributed by atoms with Crippen LogP contribution < -0.4 is 5.32 Å². The molecule has 0 fully saturated rings. The quantitative estimate of drug-likeness (QED) is 0.906. The van der Waals surface area contributed by atoms with Gasteiger partial charge in [-0.2, -0.15) is 0 Å². The van der Waals surface area contributed by atoms with Gasteiger partial charge in [0.05, 0.1) is 21.3 Å². The Balaban J connectivity index is 2.65. The molecular weight excluding hydrogens is 307 g/mol. The maximum atomic E-state index is 11.9. The van der Waals surface area contributed by atoms with Crippen LogP contribution >= 0.6 is 23.2 Å². The van der Waals surface area contributed by atoms with E-state index in [0.29, 0.717) is 18.7 Å². The first-order valence-electron chi connectivity index (χ1n) is 5.75. The van der Waals surface area contributed by atoms with Crippen molar-refractivity contribution in [1.82, 2.24) is 10.3 Å². The monoisotopic (exact) mass is 322 g/mol. The summed E-state index contributed by atoms with van der Waals surface area (Å²) in [7, 11) is -0.891. The van der Waals surface area contributed by atoms with Gasteiger partial charge in [0.2, 0.25) is 0 Å². The summed E-state index contributed by atoms with van der Waals surface area (Å²) in [6.07, 6.45) is 3.69.